The lowest BCUT2D eigenvalue weighted by molar-refractivity contribution is -0.121. The van der Waals surface area contributed by atoms with Gasteiger partial charge in [0.25, 0.3) is 0 Å². The monoisotopic (exact) mass is 175 g/mol. The fourth-order valence-electron chi connectivity index (χ4n) is 0.772. The van der Waals surface area contributed by atoms with Crippen LogP contribution in [0.2, 0.25) is 0 Å². The van der Waals surface area contributed by atoms with Crippen LogP contribution in [0.25, 0.3) is 0 Å². The Labute approximate surface area is 72.9 Å². The second kappa shape index (κ2) is 8.49. The quantitative estimate of drug-likeness (QED) is 0.532. The molecule has 0 spiro atoms. The lowest BCUT2D eigenvalue weighted by atomic mass is 10.3. The summed E-state index contributed by atoms with van der Waals surface area (Å²) in [5.74, 6) is 0.0282. The van der Waals surface area contributed by atoms with Gasteiger partial charge < -0.3 is 15.2 Å². The van der Waals surface area contributed by atoms with E-state index in [4.69, 9.17) is 9.84 Å². The Morgan fingerprint density at radius 1 is 1.50 bits per heavy atom. The van der Waals surface area contributed by atoms with Crippen molar-refractivity contribution in [1.29, 1.82) is 0 Å². The average Bonchev–Trinajstić information content (AvgIpc) is 2.06. The van der Waals surface area contributed by atoms with Crippen molar-refractivity contribution in [2.45, 2.75) is 19.3 Å². The highest BCUT2D eigenvalue weighted by atomic mass is 16.5. The zero-order chi connectivity index (χ0) is 9.23. The van der Waals surface area contributed by atoms with Crippen molar-refractivity contribution >= 4 is 5.91 Å². The maximum Gasteiger partial charge on any atom is 0.220 e. The molecular weight excluding hydrogens is 158 g/mol. The minimum atomic E-state index is 0.0282. The van der Waals surface area contributed by atoms with Crippen molar-refractivity contribution in [2.75, 3.05) is 26.9 Å². The van der Waals surface area contributed by atoms with Gasteiger partial charge in [0.15, 0.2) is 0 Å². The van der Waals surface area contributed by atoms with Crippen LogP contribution in [-0.2, 0) is 9.53 Å². The molecule has 0 saturated heterocycles. The van der Waals surface area contributed by atoms with Crippen LogP contribution < -0.4 is 5.32 Å². The number of carbonyl (C=O) groups excluding carboxylic acids is 1. The van der Waals surface area contributed by atoms with Crippen LogP contribution in [0, 0.1) is 0 Å². The maximum absolute atomic E-state index is 10.9. The SMILES string of the molecule is COCCCC(=O)NCCCO. The lowest BCUT2D eigenvalue weighted by Gasteiger charge is -2.02. The first-order valence-corrected chi connectivity index (χ1v) is 4.17. The molecule has 2 N–H and O–H groups in total. The number of hydrogen-bond donors (Lipinski definition) is 2. The molecule has 4 nitrogen and oxygen atoms in total. The van der Waals surface area contributed by atoms with E-state index in [1.54, 1.807) is 7.11 Å². The number of aliphatic hydroxyl groups is 1. The molecule has 0 heterocycles. The molecule has 0 aromatic heterocycles. The Bertz CT molecular complexity index is 105. The summed E-state index contributed by atoms with van der Waals surface area (Å²) < 4.78 is 4.80. The molecule has 0 fully saturated rings. The number of amides is 1. The zero-order valence-electron chi connectivity index (χ0n) is 7.51. The number of hydrogen-bond acceptors (Lipinski definition) is 3. The molecule has 0 aliphatic rings. The summed E-state index contributed by atoms with van der Waals surface area (Å²) >= 11 is 0. The van der Waals surface area contributed by atoms with Gasteiger partial charge in [0.1, 0.15) is 0 Å². The van der Waals surface area contributed by atoms with Crippen LogP contribution >= 0.6 is 0 Å². The van der Waals surface area contributed by atoms with Crippen molar-refractivity contribution in [3.63, 3.8) is 0 Å². The second-order valence-corrected chi connectivity index (χ2v) is 2.52. The second-order valence-electron chi connectivity index (χ2n) is 2.52. The third-order valence-electron chi connectivity index (χ3n) is 1.41. The smallest absolute Gasteiger partial charge is 0.220 e. The summed E-state index contributed by atoms with van der Waals surface area (Å²) in [6.07, 6.45) is 1.87. The number of ether oxygens (including phenoxy) is 1. The molecule has 4 heteroatoms. The van der Waals surface area contributed by atoms with Crippen LogP contribution in [0.5, 0.6) is 0 Å². The topological polar surface area (TPSA) is 58.6 Å². The third-order valence-corrected chi connectivity index (χ3v) is 1.41. The highest BCUT2D eigenvalue weighted by Gasteiger charge is 1.98. The first-order valence-electron chi connectivity index (χ1n) is 4.17. The van der Waals surface area contributed by atoms with Gasteiger partial charge >= 0.3 is 0 Å². The first kappa shape index (κ1) is 11.4. The molecule has 12 heavy (non-hydrogen) atoms. The number of nitrogens with one attached hydrogen (secondary N) is 1. The molecule has 0 bridgehead atoms. The summed E-state index contributed by atoms with van der Waals surface area (Å²) in [6, 6.07) is 0. The predicted molar refractivity (Wildman–Crippen MR) is 45.8 cm³/mol. The fourth-order valence-corrected chi connectivity index (χ4v) is 0.772. The van der Waals surface area contributed by atoms with Crippen molar-refractivity contribution in [3.8, 4) is 0 Å². The van der Waals surface area contributed by atoms with Crippen molar-refractivity contribution in [3.05, 3.63) is 0 Å². The van der Waals surface area contributed by atoms with E-state index in [-0.39, 0.29) is 12.5 Å². The van der Waals surface area contributed by atoms with E-state index in [1.807, 2.05) is 0 Å². The molecular formula is C8H17NO3. The highest BCUT2D eigenvalue weighted by Crippen LogP contribution is 1.88. The Balaban J connectivity index is 3.10. The summed E-state index contributed by atoms with van der Waals surface area (Å²) in [4.78, 5) is 10.9. The van der Waals surface area contributed by atoms with Crippen LogP contribution in [0.15, 0.2) is 0 Å². The molecule has 0 aliphatic carbocycles. The first-order chi connectivity index (χ1) is 5.81. The number of carbonyl (C=O) groups is 1. The zero-order valence-corrected chi connectivity index (χ0v) is 7.51. The largest absolute Gasteiger partial charge is 0.396 e. The van der Waals surface area contributed by atoms with Crippen LogP contribution in [0.1, 0.15) is 19.3 Å². The van der Waals surface area contributed by atoms with Crippen LogP contribution in [0.3, 0.4) is 0 Å². The Kier molecular flexibility index (Phi) is 8.05. The van der Waals surface area contributed by atoms with Gasteiger partial charge in [0.2, 0.25) is 5.91 Å². The molecule has 0 aromatic rings. The van der Waals surface area contributed by atoms with E-state index >= 15 is 0 Å². The normalized spacial score (nSPS) is 9.83. The maximum atomic E-state index is 10.9. The minimum Gasteiger partial charge on any atom is -0.396 e. The Hall–Kier alpha value is -0.610. The van der Waals surface area contributed by atoms with E-state index < -0.39 is 0 Å². The van der Waals surface area contributed by atoms with Crippen molar-refractivity contribution in [1.82, 2.24) is 5.32 Å². The highest BCUT2D eigenvalue weighted by molar-refractivity contribution is 5.75. The van der Waals surface area contributed by atoms with Crippen molar-refractivity contribution < 1.29 is 14.6 Å². The third kappa shape index (κ3) is 7.50. The van der Waals surface area contributed by atoms with E-state index in [9.17, 15) is 4.79 Å². The van der Waals surface area contributed by atoms with Gasteiger partial charge in [-0.1, -0.05) is 0 Å². The average molecular weight is 175 g/mol. The molecule has 1 amide bonds. The molecule has 72 valence electrons. The molecule has 0 radical (unpaired) electrons. The van der Waals surface area contributed by atoms with Gasteiger partial charge in [-0.25, -0.2) is 0 Å². The van der Waals surface area contributed by atoms with Crippen LogP contribution in [-0.4, -0.2) is 37.9 Å². The molecule has 0 atom stereocenters. The summed E-state index contributed by atoms with van der Waals surface area (Å²) in [6.45, 7) is 1.30. The fraction of sp³-hybridized carbons (Fsp3) is 0.875. The summed E-state index contributed by atoms with van der Waals surface area (Å²) in [5, 5.41) is 11.1. The van der Waals surface area contributed by atoms with Gasteiger partial charge in [-0.05, 0) is 12.8 Å². The number of rotatable bonds is 7. The molecule has 0 aliphatic heterocycles. The Morgan fingerprint density at radius 2 is 2.25 bits per heavy atom. The molecule has 0 rings (SSSR count). The van der Waals surface area contributed by atoms with E-state index in [2.05, 4.69) is 5.32 Å². The predicted octanol–water partition coefficient (Wildman–Crippen LogP) is -0.0884. The summed E-state index contributed by atoms with van der Waals surface area (Å²) in [7, 11) is 1.61. The van der Waals surface area contributed by atoms with Gasteiger partial charge in [-0.3, -0.25) is 4.79 Å². The van der Waals surface area contributed by atoms with Gasteiger partial charge in [-0.2, -0.15) is 0 Å². The standard InChI is InChI=1S/C8H17NO3/c1-12-7-2-4-8(11)9-5-3-6-10/h10H,2-7H2,1H3,(H,9,11). The van der Waals surface area contributed by atoms with E-state index in [0.717, 1.165) is 6.42 Å². The lowest BCUT2D eigenvalue weighted by Crippen LogP contribution is -2.24. The van der Waals surface area contributed by atoms with Crippen molar-refractivity contribution in [2.24, 2.45) is 0 Å². The Morgan fingerprint density at radius 3 is 2.83 bits per heavy atom. The van der Waals surface area contributed by atoms with Gasteiger partial charge in [0, 0.05) is 33.3 Å². The van der Waals surface area contributed by atoms with E-state index in [1.165, 1.54) is 0 Å². The van der Waals surface area contributed by atoms with Crippen LogP contribution in [0.4, 0.5) is 0 Å². The molecule has 0 unspecified atom stereocenters. The van der Waals surface area contributed by atoms with E-state index in [0.29, 0.717) is 26.0 Å². The van der Waals surface area contributed by atoms with Gasteiger partial charge in [-0.15, -0.1) is 0 Å². The molecule has 0 aromatic carbocycles. The minimum absolute atomic E-state index is 0.0282. The van der Waals surface area contributed by atoms with Gasteiger partial charge in [0.05, 0.1) is 0 Å². The molecule has 0 saturated carbocycles. The number of aliphatic hydroxyl groups excluding tert-OH is 1. The number of methoxy groups -OCH3 is 1. The summed E-state index contributed by atoms with van der Waals surface area (Å²) in [5.41, 5.74) is 0.